The summed E-state index contributed by atoms with van der Waals surface area (Å²) in [5, 5.41) is 18.2. The molecule has 0 atom stereocenters. The predicted molar refractivity (Wildman–Crippen MR) is 127 cm³/mol. The van der Waals surface area contributed by atoms with E-state index in [1.165, 1.54) is 11.8 Å². The van der Waals surface area contributed by atoms with Gasteiger partial charge in [-0.2, -0.15) is 14.8 Å². The van der Waals surface area contributed by atoms with Gasteiger partial charge < -0.3 is 10.1 Å². The Morgan fingerprint density at radius 1 is 0.939 bits per heavy atom. The molecule has 0 aliphatic heterocycles. The van der Waals surface area contributed by atoms with Gasteiger partial charge in [0.1, 0.15) is 28.2 Å². The molecule has 1 N–H and O–H groups in total. The molecule has 0 spiro atoms. The highest BCUT2D eigenvalue weighted by atomic mass is 32.2. The third kappa shape index (κ3) is 4.20. The zero-order valence-electron chi connectivity index (χ0n) is 17.5. The fourth-order valence-electron chi connectivity index (χ4n) is 3.32. The number of hydrogen-bond acceptors (Lipinski definition) is 8. The third-order valence-electron chi connectivity index (χ3n) is 4.80. The first kappa shape index (κ1) is 20.5. The van der Waals surface area contributed by atoms with Crippen LogP contribution >= 0.6 is 11.8 Å². The molecule has 8 nitrogen and oxygen atoms in total. The van der Waals surface area contributed by atoms with Gasteiger partial charge in [-0.3, -0.25) is 4.98 Å². The minimum absolute atomic E-state index is 0.379. The standard InChI is InChI=1S/C24H17N7OS/c1-33-22-20(15-25)21(16-5-3-2-4-6-16)31-24(28-22)29-23(30-31)27-17-7-9-18(10-8-17)32-19-11-13-26-14-12-19/h2-14H,1H3,(H,27,30). The summed E-state index contributed by atoms with van der Waals surface area (Å²) in [6, 6.07) is 23.0. The molecule has 0 radical (unpaired) electrons. The first-order chi connectivity index (χ1) is 16.2. The smallest absolute Gasteiger partial charge is 0.255 e. The first-order valence-corrected chi connectivity index (χ1v) is 11.2. The minimum Gasteiger partial charge on any atom is -0.457 e. The number of fused-ring (bicyclic) bond motifs is 1. The van der Waals surface area contributed by atoms with Crippen molar-refractivity contribution in [3.63, 3.8) is 0 Å². The molecule has 3 heterocycles. The lowest BCUT2D eigenvalue weighted by atomic mass is 10.1. The molecular formula is C24H17N7OS. The predicted octanol–water partition coefficient (Wildman–Crippen LogP) is 5.32. The Balaban J connectivity index is 1.48. The Kier molecular flexibility index (Phi) is 5.57. The van der Waals surface area contributed by atoms with E-state index < -0.39 is 0 Å². The van der Waals surface area contributed by atoms with Gasteiger partial charge in [0.25, 0.3) is 5.78 Å². The second kappa shape index (κ2) is 8.98. The fourth-order valence-corrected chi connectivity index (χ4v) is 3.84. The normalized spacial score (nSPS) is 10.7. The number of nitrogens with zero attached hydrogens (tertiary/aromatic N) is 6. The Bertz CT molecular complexity index is 1450. The molecule has 0 bridgehead atoms. The van der Waals surface area contributed by atoms with Crippen molar-refractivity contribution in [2.24, 2.45) is 0 Å². The Morgan fingerprint density at radius 3 is 2.36 bits per heavy atom. The Morgan fingerprint density at radius 2 is 1.67 bits per heavy atom. The highest BCUT2D eigenvalue weighted by molar-refractivity contribution is 7.98. The molecule has 0 unspecified atom stereocenters. The molecule has 0 saturated carbocycles. The summed E-state index contributed by atoms with van der Waals surface area (Å²) in [6.45, 7) is 0. The van der Waals surface area contributed by atoms with E-state index in [9.17, 15) is 5.26 Å². The van der Waals surface area contributed by atoms with Crippen LogP contribution in [-0.2, 0) is 0 Å². The number of nitriles is 1. The number of pyridine rings is 1. The maximum atomic E-state index is 9.83. The van der Waals surface area contributed by atoms with Crippen LogP contribution in [0.4, 0.5) is 11.6 Å². The van der Waals surface area contributed by atoms with Crippen LogP contribution < -0.4 is 10.1 Å². The number of rotatable bonds is 6. The summed E-state index contributed by atoms with van der Waals surface area (Å²) < 4.78 is 7.41. The first-order valence-electron chi connectivity index (χ1n) is 10.0. The van der Waals surface area contributed by atoms with Gasteiger partial charge in [-0.25, -0.2) is 4.98 Å². The SMILES string of the molecule is CSc1nc2nc(Nc3ccc(Oc4ccncc4)cc3)nn2c(-c2ccccc2)c1C#N. The topological polar surface area (TPSA) is 101 Å². The van der Waals surface area contributed by atoms with E-state index >= 15 is 0 Å². The highest BCUT2D eigenvalue weighted by Crippen LogP contribution is 2.30. The Hall–Kier alpha value is -4.42. The summed E-state index contributed by atoms with van der Waals surface area (Å²) in [5.74, 6) is 2.21. The van der Waals surface area contributed by atoms with Gasteiger partial charge in [0.2, 0.25) is 5.95 Å². The maximum absolute atomic E-state index is 9.83. The summed E-state index contributed by atoms with van der Waals surface area (Å²) >= 11 is 1.41. The fraction of sp³-hybridized carbons (Fsp3) is 0.0417. The van der Waals surface area contributed by atoms with Crippen LogP contribution in [0.5, 0.6) is 11.5 Å². The van der Waals surface area contributed by atoms with Crippen LogP contribution in [0.1, 0.15) is 5.56 Å². The monoisotopic (exact) mass is 451 g/mol. The molecule has 3 aromatic heterocycles. The van der Waals surface area contributed by atoms with Gasteiger partial charge >= 0.3 is 0 Å². The average Bonchev–Trinajstić information content (AvgIpc) is 3.27. The molecular weight excluding hydrogens is 434 g/mol. The number of ether oxygens (including phenoxy) is 1. The summed E-state index contributed by atoms with van der Waals surface area (Å²) in [6.07, 6.45) is 5.25. The molecule has 0 fully saturated rings. The largest absolute Gasteiger partial charge is 0.457 e. The van der Waals surface area contributed by atoms with Gasteiger partial charge in [0.05, 0.1) is 5.69 Å². The summed E-state index contributed by atoms with van der Waals surface area (Å²) in [5.41, 5.74) is 2.79. The van der Waals surface area contributed by atoms with E-state index in [2.05, 4.69) is 31.4 Å². The van der Waals surface area contributed by atoms with Crippen molar-refractivity contribution in [3.05, 3.63) is 84.7 Å². The van der Waals surface area contributed by atoms with Gasteiger partial charge in [0.15, 0.2) is 0 Å². The van der Waals surface area contributed by atoms with Crippen molar-refractivity contribution < 1.29 is 4.74 Å². The van der Waals surface area contributed by atoms with Crippen molar-refractivity contribution in [3.8, 4) is 28.8 Å². The number of thioether (sulfide) groups is 1. The number of hydrogen-bond donors (Lipinski definition) is 1. The Labute approximate surface area is 193 Å². The molecule has 5 aromatic rings. The van der Waals surface area contributed by atoms with Crippen molar-refractivity contribution in [1.29, 1.82) is 5.26 Å². The van der Waals surface area contributed by atoms with Crippen molar-refractivity contribution in [1.82, 2.24) is 24.6 Å². The van der Waals surface area contributed by atoms with Crippen LogP contribution in [0.15, 0.2) is 84.1 Å². The second-order valence-corrected chi connectivity index (χ2v) is 7.70. The number of anilines is 2. The molecule has 0 aliphatic rings. The minimum atomic E-state index is 0.379. The average molecular weight is 452 g/mol. The van der Waals surface area contributed by atoms with Crippen LogP contribution in [0.3, 0.4) is 0 Å². The van der Waals surface area contributed by atoms with E-state index in [4.69, 9.17) is 4.74 Å². The maximum Gasteiger partial charge on any atom is 0.255 e. The number of benzene rings is 2. The van der Waals surface area contributed by atoms with Gasteiger partial charge in [-0.05, 0) is 42.7 Å². The zero-order chi connectivity index (χ0) is 22.6. The zero-order valence-corrected chi connectivity index (χ0v) is 18.3. The van der Waals surface area contributed by atoms with Crippen LogP contribution in [0.2, 0.25) is 0 Å². The third-order valence-corrected chi connectivity index (χ3v) is 5.48. The number of nitrogens with one attached hydrogen (secondary N) is 1. The van der Waals surface area contributed by atoms with Crippen molar-refractivity contribution in [2.75, 3.05) is 11.6 Å². The molecule has 0 saturated heterocycles. The van der Waals surface area contributed by atoms with Crippen LogP contribution in [-0.4, -0.2) is 30.8 Å². The van der Waals surface area contributed by atoms with Gasteiger partial charge in [-0.15, -0.1) is 16.9 Å². The quantitative estimate of drug-likeness (QED) is 0.274. The lowest BCUT2D eigenvalue weighted by Gasteiger charge is -2.09. The molecule has 0 amide bonds. The van der Waals surface area contributed by atoms with Crippen LogP contribution in [0.25, 0.3) is 17.0 Å². The second-order valence-electron chi connectivity index (χ2n) is 6.90. The lowest BCUT2D eigenvalue weighted by molar-refractivity contribution is 0.482. The van der Waals surface area contributed by atoms with Gasteiger partial charge in [-0.1, -0.05) is 30.3 Å². The molecule has 2 aromatic carbocycles. The van der Waals surface area contributed by atoms with Crippen molar-refractivity contribution >= 4 is 29.2 Å². The molecule has 160 valence electrons. The van der Waals surface area contributed by atoms with Crippen molar-refractivity contribution in [2.45, 2.75) is 5.03 Å². The lowest BCUT2D eigenvalue weighted by Crippen LogP contribution is -2.03. The summed E-state index contributed by atoms with van der Waals surface area (Å²) in [4.78, 5) is 13.1. The van der Waals surface area contributed by atoms with E-state index in [1.54, 1.807) is 29.0 Å². The molecule has 33 heavy (non-hydrogen) atoms. The van der Waals surface area contributed by atoms with E-state index in [0.29, 0.717) is 39.5 Å². The van der Waals surface area contributed by atoms with E-state index in [-0.39, 0.29) is 0 Å². The van der Waals surface area contributed by atoms with E-state index in [0.717, 1.165) is 11.3 Å². The summed E-state index contributed by atoms with van der Waals surface area (Å²) in [7, 11) is 0. The molecule has 9 heteroatoms. The van der Waals surface area contributed by atoms with Crippen LogP contribution in [0, 0.1) is 11.3 Å². The highest BCUT2D eigenvalue weighted by Gasteiger charge is 2.19. The molecule has 0 aliphatic carbocycles. The molecule has 5 rings (SSSR count). The number of aromatic nitrogens is 5. The van der Waals surface area contributed by atoms with Gasteiger partial charge in [0, 0.05) is 23.6 Å². The van der Waals surface area contributed by atoms with E-state index in [1.807, 2.05) is 60.9 Å².